The number of nitrogens with zero attached hydrogens (tertiary/aromatic N) is 1. The zero-order valence-corrected chi connectivity index (χ0v) is 11.0. The Morgan fingerprint density at radius 2 is 2.22 bits per heavy atom. The van der Waals surface area contributed by atoms with Gasteiger partial charge in [-0.25, -0.2) is 0 Å². The van der Waals surface area contributed by atoms with Crippen molar-refractivity contribution in [2.24, 2.45) is 0 Å². The first-order valence-corrected chi connectivity index (χ1v) is 6.53. The summed E-state index contributed by atoms with van der Waals surface area (Å²) < 4.78 is 10.7. The summed E-state index contributed by atoms with van der Waals surface area (Å²) in [5.74, 6) is 1.03. The van der Waals surface area contributed by atoms with Crippen molar-refractivity contribution in [1.82, 2.24) is 10.2 Å². The molecule has 0 radical (unpaired) electrons. The number of hydrogen-bond donors (Lipinski definition) is 1. The Hall–Kier alpha value is -1.10. The Balaban J connectivity index is 1.77. The quantitative estimate of drug-likeness (QED) is 0.767. The van der Waals surface area contributed by atoms with Gasteiger partial charge in [-0.2, -0.15) is 0 Å². The highest BCUT2D eigenvalue weighted by molar-refractivity contribution is 5.33. The summed E-state index contributed by atoms with van der Waals surface area (Å²) in [6.45, 7) is 6.45. The molecule has 1 aliphatic heterocycles. The summed E-state index contributed by atoms with van der Waals surface area (Å²) in [5.41, 5.74) is 1.28. The van der Waals surface area contributed by atoms with Crippen molar-refractivity contribution in [3.05, 3.63) is 29.8 Å². The lowest BCUT2D eigenvalue weighted by atomic mass is 10.2. The lowest BCUT2D eigenvalue weighted by Gasteiger charge is -2.19. The molecule has 0 aromatic heterocycles. The van der Waals surface area contributed by atoms with E-state index in [1.807, 2.05) is 6.07 Å². The third-order valence-electron chi connectivity index (χ3n) is 3.12. The van der Waals surface area contributed by atoms with Crippen molar-refractivity contribution >= 4 is 0 Å². The van der Waals surface area contributed by atoms with E-state index in [1.54, 1.807) is 7.11 Å². The highest BCUT2D eigenvalue weighted by atomic mass is 16.5. The molecule has 1 aromatic carbocycles. The Morgan fingerprint density at radius 1 is 1.33 bits per heavy atom. The zero-order chi connectivity index (χ0) is 12.6. The minimum Gasteiger partial charge on any atom is -0.492 e. The largest absolute Gasteiger partial charge is 0.492 e. The number of benzene rings is 1. The summed E-state index contributed by atoms with van der Waals surface area (Å²) >= 11 is 0. The molecule has 4 nitrogen and oxygen atoms in total. The number of nitrogens with one attached hydrogen (secondary N) is 1. The molecule has 0 saturated carbocycles. The van der Waals surface area contributed by atoms with E-state index in [4.69, 9.17) is 9.47 Å². The summed E-state index contributed by atoms with van der Waals surface area (Å²) in [5, 5.41) is 3.37. The maximum absolute atomic E-state index is 5.74. The van der Waals surface area contributed by atoms with Gasteiger partial charge in [0, 0.05) is 45.4 Å². The molecule has 1 aliphatic rings. The fraction of sp³-hybridized carbons (Fsp3) is 0.571. The number of rotatable bonds is 6. The highest BCUT2D eigenvalue weighted by Gasteiger charge is 2.13. The Kier molecular flexibility index (Phi) is 5.45. The summed E-state index contributed by atoms with van der Waals surface area (Å²) in [7, 11) is 1.73. The molecule has 18 heavy (non-hydrogen) atoms. The van der Waals surface area contributed by atoms with Gasteiger partial charge < -0.3 is 14.8 Å². The molecule has 0 bridgehead atoms. The number of para-hydroxylation sites is 1. The summed E-state index contributed by atoms with van der Waals surface area (Å²) in [6, 6.07) is 8.30. The van der Waals surface area contributed by atoms with Crippen molar-refractivity contribution in [2.75, 3.05) is 46.5 Å². The van der Waals surface area contributed by atoms with Crippen molar-refractivity contribution < 1.29 is 9.47 Å². The van der Waals surface area contributed by atoms with Crippen LogP contribution in [0, 0.1) is 0 Å². The second-order valence-corrected chi connectivity index (χ2v) is 4.48. The lowest BCUT2D eigenvalue weighted by molar-refractivity contribution is 0.193. The van der Waals surface area contributed by atoms with Gasteiger partial charge in [-0.3, -0.25) is 4.90 Å². The molecule has 1 N–H and O–H groups in total. The Morgan fingerprint density at radius 3 is 3.11 bits per heavy atom. The number of methoxy groups -OCH3 is 1. The maximum Gasteiger partial charge on any atom is 0.123 e. The van der Waals surface area contributed by atoms with Gasteiger partial charge in [-0.1, -0.05) is 18.2 Å². The molecule has 0 amide bonds. The molecule has 0 saturated heterocycles. The standard InChI is InChI=1S/C14H22N2O2/c1-17-10-7-15-6-8-16-9-11-18-14-5-3-2-4-13(14)12-16/h2-5,15H,6-12H2,1H3. The molecule has 0 spiro atoms. The van der Waals surface area contributed by atoms with E-state index < -0.39 is 0 Å². The molecule has 0 atom stereocenters. The highest BCUT2D eigenvalue weighted by Crippen LogP contribution is 2.21. The molecular weight excluding hydrogens is 228 g/mol. The molecular formula is C14H22N2O2. The molecule has 1 heterocycles. The summed E-state index contributed by atoms with van der Waals surface area (Å²) in [4.78, 5) is 2.42. The minimum absolute atomic E-state index is 0.770. The van der Waals surface area contributed by atoms with Crippen LogP contribution in [0.5, 0.6) is 5.75 Å². The van der Waals surface area contributed by atoms with Crippen LogP contribution in [0.25, 0.3) is 0 Å². The van der Waals surface area contributed by atoms with Gasteiger partial charge in [-0.05, 0) is 6.07 Å². The summed E-state index contributed by atoms with van der Waals surface area (Å²) in [6.07, 6.45) is 0. The smallest absolute Gasteiger partial charge is 0.123 e. The van der Waals surface area contributed by atoms with E-state index in [0.29, 0.717) is 0 Å². The van der Waals surface area contributed by atoms with Crippen molar-refractivity contribution in [2.45, 2.75) is 6.54 Å². The average Bonchev–Trinajstić information content (AvgIpc) is 2.60. The van der Waals surface area contributed by atoms with E-state index in [0.717, 1.165) is 51.7 Å². The van der Waals surface area contributed by atoms with E-state index in [2.05, 4.69) is 28.4 Å². The van der Waals surface area contributed by atoms with Gasteiger partial charge in [0.2, 0.25) is 0 Å². The van der Waals surface area contributed by atoms with Crippen molar-refractivity contribution in [1.29, 1.82) is 0 Å². The van der Waals surface area contributed by atoms with Crippen LogP contribution in [0.2, 0.25) is 0 Å². The van der Waals surface area contributed by atoms with Crippen LogP contribution < -0.4 is 10.1 Å². The van der Waals surface area contributed by atoms with Crippen LogP contribution in [0.4, 0.5) is 0 Å². The second-order valence-electron chi connectivity index (χ2n) is 4.48. The van der Waals surface area contributed by atoms with E-state index in [1.165, 1.54) is 5.56 Å². The van der Waals surface area contributed by atoms with E-state index >= 15 is 0 Å². The van der Waals surface area contributed by atoms with Gasteiger partial charge in [0.05, 0.1) is 6.61 Å². The van der Waals surface area contributed by atoms with Crippen molar-refractivity contribution in [3.63, 3.8) is 0 Å². The van der Waals surface area contributed by atoms with Crippen LogP contribution in [0.15, 0.2) is 24.3 Å². The molecule has 1 aromatic rings. The SMILES string of the molecule is COCCNCCN1CCOc2ccccc2C1. The van der Waals surface area contributed by atoms with Gasteiger partial charge in [0.25, 0.3) is 0 Å². The van der Waals surface area contributed by atoms with E-state index in [9.17, 15) is 0 Å². The first-order chi connectivity index (χ1) is 8.90. The molecule has 0 unspecified atom stereocenters. The molecule has 2 rings (SSSR count). The predicted octanol–water partition coefficient (Wildman–Crippen LogP) is 1.12. The van der Waals surface area contributed by atoms with Crippen LogP contribution in [0.3, 0.4) is 0 Å². The number of ether oxygens (including phenoxy) is 2. The Labute approximate surface area is 109 Å². The lowest BCUT2D eigenvalue weighted by Crippen LogP contribution is -2.34. The maximum atomic E-state index is 5.74. The molecule has 0 fully saturated rings. The predicted molar refractivity (Wildman–Crippen MR) is 72.0 cm³/mol. The van der Waals surface area contributed by atoms with E-state index in [-0.39, 0.29) is 0 Å². The minimum atomic E-state index is 0.770. The molecule has 100 valence electrons. The van der Waals surface area contributed by atoms with Gasteiger partial charge in [0.15, 0.2) is 0 Å². The average molecular weight is 250 g/mol. The fourth-order valence-electron chi connectivity index (χ4n) is 2.11. The monoisotopic (exact) mass is 250 g/mol. The van der Waals surface area contributed by atoms with Crippen LogP contribution in [-0.4, -0.2) is 51.4 Å². The van der Waals surface area contributed by atoms with Crippen molar-refractivity contribution in [3.8, 4) is 5.75 Å². The second kappa shape index (κ2) is 7.36. The van der Waals surface area contributed by atoms with Gasteiger partial charge in [0.1, 0.15) is 12.4 Å². The van der Waals surface area contributed by atoms with Crippen LogP contribution >= 0.6 is 0 Å². The van der Waals surface area contributed by atoms with Gasteiger partial charge in [-0.15, -0.1) is 0 Å². The topological polar surface area (TPSA) is 33.7 Å². The van der Waals surface area contributed by atoms with Crippen LogP contribution in [-0.2, 0) is 11.3 Å². The third kappa shape index (κ3) is 3.98. The number of hydrogen-bond acceptors (Lipinski definition) is 4. The Bertz CT molecular complexity index is 357. The molecule has 4 heteroatoms. The van der Waals surface area contributed by atoms with Crippen LogP contribution in [0.1, 0.15) is 5.56 Å². The first-order valence-electron chi connectivity index (χ1n) is 6.53. The first kappa shape index (κ1) is 13.3. The zero-order valence-electron chi connectivity index (χ0n) is 11.0. The normalized spacial score (nSPS) is 15.8. The molecule has 0 aliphatic carbocycles. The van der Waals surface area contributed by atoms with Gasteiger partial charge >= 0.3 is 0 Å². The fourth-order valence-corrected chi connectivity index (χ4v) is 2.11. The number of fused-ring (bicyclic) bond motifs is 1. The third-order valence-corrected chi connectivity index (χ3v) is 3.12.